The van der Waals surface area contributed by atoms with Gasteiger partial charge in [-0.3, -0.25) is 4.79 Å². The van der Waals surface area contributed by atoms with E-state index in [0.29, 0.717) is 31.9 Å². The molecule has 2 rings (SSSR count). The molecule has 0 aliphatic carbocycles. The lowest BCUT2D eigenvalue weighted by Crippen LogP contribution is -2.49. The Morgan fingerprint density at radius 2 is 1.95 bits per heavy atom. The Hall–Kier alpha value is -2.31. The van der Waals surface area contributed by atoms with Gasteiger partial charge in [0.2, 0.25) is 5.91 Å². The van der Waals surface area contributed by atoms with Crippen molar-refractivity contribution in [2.75, 3.05) is 43.5 Å². The van der Waals surface area contributed by atoms with E-state index in [1.807, 2.05) is 12.1 Å². The van der Waals surface area contributed by atoms with Gasteiger partial charge in [-0.25, -0.2) is 9.78 Å². The molecule has 0 unspecified atom stereocenters. The average Bonchev–Trinajstić information content (AvgIpc) is 2.47. The van der Waals surface area contributed by atoms with E-state index in [1.165, 1.54) is 14.0 Å². The highest BCUT2D eigenvalue weighted by molar-refractivity contribution is 5.88. The van der Waals surface area contributed by atoms with E-state index in [2.05, 4.69) is 15.2 Å². The minimum atomic E-state index is -0.293. The second kappa shape index (κ2) is 6.23. The molecule has 0 saturated carbocycles. The molecule has 7 heteroatoms. The SMILES string of the molecule is COC(=O)N1CCN(c2ccc(NC(C)=O)cn2)CC1. The van der Waals surface area contributed by atoms with Crippen LogP contribution in [-0.4, -0.2) is 55.2 Å². The first-order valence-electron chi connectivity index (χ1n) is 6.41. The van der Waals surface area contributed by atoms with Gasteiger partial charge in [-0.1, -0.05) is 0 Å². The molecular weight excluding hydrogens is 260 g/mol. The van der Waals surface area contributed by atoms with E-state index >= 15 is 0 Å². The maximum atomic E-state index is 11.4. The van der Waals surface area contributed by atoms with Gasteiger partial charge in [-0.05, 0) is 12.1 Å². The molecule has 0 aromatic carbocycles. The smallest absolute Gasteiger partial charge is 0.409 e. The van der Waals surface area contributed by atoms with E-state index in [4.69, 9.17) is 4.74 Å². The van der Waals surface area contributed by atoms with Crippen LogP contribution in [0, 0.1) is 0 Å². The Bertz CT molecular complexity index is 481. The van der Waals surface area contributed by atoms with Crippen molar-refractivity contribution in [3.63, 3.8) is 0 Å². The molecule has 0 atom stereocenters. The summed E-state index contributed by atoms with van der Waals surface area (Å²) in [6.45, 7) is 4.10. The molecule has 108 valence electrons. The molecule has 0 radical (unpaired) electrons. The number of ether oxygens (including phenoxy) is 1. The number of nitrogens with one attached hydrogen (secondary N) is 1. The molecule has 1 fully saturated rings. The van der Waals surface area contributed by atoms with Crippen LogP contribution in [-0.2, 0) is 9.53 Å². The van der Waals surface area contributed by atoms with Crippen LogP contribution in [0.5, 0.6) is 0 Å². The van der Waals surface area contributed by atoms with Gasteiger partial charge in [0.25, 0.3) is 0 Å². The summed E-state index contributed by atoms with van der Waals surface area (Å²) >= 11 is 0. The summed E-state index contributed by atoms with van der Waals surface area (Å²) in [5.41, 5.74) is 0.675. The standard InChI is InChI=1S/C13H18N4O3/c1-10(18)15-11-3-4-12(14-9-11)16-5-7-17(8-6-16)13(19)20-2/h3-4,9H,5-8H2,1-2H3,(H,15,18). The minimum Gasteiger partial charge on any atom is -0.453 e. The zero-order valence-electron chi connectivity index (χ0n) is 11.6. The minimum absolute atomic E-state index is 0.119. The highest BCUT2D eigenvalue weighted by Gasteiger charge is 2.22. The molecule has 1 aromatic rings. The van der Waals surface area contributed by atoms with Crippen LogP contribution < -0.4 is 10.2 Å². The Morgan fingerprint density at radius 1 is 1.25 bits per heavy atom. The molecule has 1 aromatic heterocycles. The maximum Gasteiger partial charge on any atom is 0.409 e. The summed E-state index contributed by atoms with van der Waals surface area (Å²) in [5.74, 6) is 0.717. The van der Waals surface area contributed by atoms with Crippen molar-refractivity contribution in [2.24, 2.45) is 0 Å². The number of aromatic nitrogens is 1. The molecule has 20 heavy (non-hydrogen) atoms. The van der Waals surface area contributed by atoms with Crippen LogP contribution in [0.2, 0.25) is 0 Å². The second-order valence-corrected chi connectivity index (χ2v) is 4.53. The van der Waals surface area contributed by atoms with E-state index in [-0.39, 0.29) is 12.0 Å². The maximum absolute atomic E-state index is 11.4. The number of nitrogens with zero attached hydrogens (tertiary/aromatic N) is 3. The number of carbonyl (C=O) groups excluding carboxylic acids is 2. The summed E-state index contributed by atoms with van der Waals surface area (Å²) in [7, 11) is 1.39. The van der Waals surface area contributed by atoms with Gasteiger partial charge < -0.3 is 19.9 Å². The lowest BCUT2D eigenvalue weighted by molar-refractivity contribution is -0.114. The van der Waals surface area contributed by atoms with Gasteiger partial charge in [0, 0.05) is 33.1 Å². The number of carbonyl (C=O) groups is 2. The number of rotatable bonds is 2. The molecule has 1 aliphatic heterocycles. The fourth-order valence-electron chi connectivity index (χ4n) is 2.10. The zero-order valence-corrected chi connectivity index (χ0v) is 11.6. The number of piperazine rings is 1. The quantitative estimate of drug-likeness (QED) is 0.871. The zero-order chi connectivity index (χ0) is 14.5. The van der Waals surface area contributed by atoms with Crippen molar-refractivity contribution in [1.29, 1.82) is 0 Å². The van der Waals surface area contributed by atoms with Crippen LogP contribution in [0.4, 0.5) is 16.3 Å². The highest BCUT2D eigenvalue weighted by atomic mass is 16.5. The number of methoxy groups -OCH3 is 1. The summed E-state index contributed by atoms with van der Waals surface area (Å²) in [4.78, 5) is 30.4. The molecule has 0 spiro atoms. The Labute approximate surface area is 117 Å². The van der Waals surface area contributed by atoms with E-state index < -0.39 is 0 Å². The van der Waals surface area contributed by atoms with Gasteiger partial charge in [-0.15, -0.1) is 0 Å². The topological polar surface area (TPSA) is 74.8 Å². The Kier molecular flexibility index (Phi) is 4.39. The molecule has 1 N–H and O–H groups in total. The third-order valence-corrected chi connectivity index (χ3v) is 3.10. The molecule has 0 bridgehead atoms. The average molecular weight is 278 g/mol. The molecule has 2 heterocycles. The van der Waals surface area contributed by atoms with E-state index in [1.54, 1.807) is 11.1 Å². The van der Waals surface area contributed by atoms with Crippen molar-refractivity contribution in [3.05, 3.63) is 18.3 Å². The van der Waals surface area contributed by atoms with Crippen molar-refractivity contribution in [3.8, 4) is 0 Å². The van der Waals surface area contributed by atoms with Gasteiger partial charge in [0.1, 0.15) is 5.82 Å². The number of hydrogen-bond acceptors (Lipinski definition) is 5. The van der Waals surface area contributed by atoms with Gasteiger partial charge in [-0.2, -0.15) is 0 Å². The molecule has 7 nitrogen and oxygen atoms in total. The second-order valence-electron chi connectivity index (χ2n) is 4.53. The number of amides is 2. The normalized spacial score (nSPS) is 14.9. The van der Waals surface area contributed by atoms with Crippen LogP contribution in [0.3, 0.4) is 0 Å². The highest BCUT2D eigenvalue weighted by Crippen LogP contribution is 2.16. The molecule has 2 amide bonds. The van der Waals surface area contributed by atoms with Crippen LogP contribution in [0.15, 0.2) is 18.3 Å². The number of hydrogen-bond donors (Lipinski definition) is 1. The number of anilines is 2. The first kappa shape index (κ1) is 14.1. The fourth-order valence-corrected chi connectivity index (χ4v) is 2.10. The predicted octanol–water partition coefficient (Wildman–Crippen LogP) is 0.928. The largest absolute Gasteiger partial charge is 0.453 e. The lowest BCUT2D eigenvalue weighted by atomic mass is 10.3. The monoisotopic (exact) mass is 278 g/mol. The molecule has 1 aliphatic rings. The summed E-state index contributed by atoms with van der Waals surface area (Å²) in [6, 6.07) is 3.68. The van der Waals surface area contributed by atoms with E-state index in [9.17, 15) is 9.59 Å². The van der Waals surface area contributed by atoms with Crippen molar-refractivity contribution in [2.45, 2.75) is 6.92 Å². The first-order chi connectivity index (χ1) is 9.60. The fraction of sp³-hybridized carbons (Fsp3) is 0.462. The summed E-state index contributed by atoms with van der Waals surface area (Å²) < 4.78 is 4.70. The predicted molar refractivity (Wildman–Crippen MR) is 74.7 cm³/mol. The van der Waals surface area contributed by atoms with Crippen molar-refractivity contribution >= 4 is 23.5 Å². The summed E-state index contributed by atoms with van der Waals surface area (Å²) in [6.07, 6.45) is 1.34. The lowest BCUT2D eigenvalue weighted by Gasteiger charge is -2.34. The molecule has 1 saturated heterocycles. The van der Waals surface area contributed by atoms with Crippen molar-refractivity contribution < 1.29 is 14.3 Å². The van der Waals surface area contributed by atoms with Gasteiger partial charge in [0.15, 0.2) is 0 Å². The van der Waals surface area contributed by atoms with Gasteiger partial charge in [0.05, 0.1) is 19.0 Å². The Morgan fingerprint density at radius 3 is 2.45 bits per heavy atom. The van der Waals surface area contributed by atoms with Crippen molar-refractivity contribution in [1.82, 2.24) is 9.88 Å². The van der Waals surface area contributed by atoms with Crippen LogP contribution >= 0.6 is 0 Å². The van der Waals surface area contributed by atoms with E-state index in [0.717, 1.165) is 5.82 Å². The first-order valence-corrected chi connectivity index (χ1v) is 6.41. The molecular formula is C13H18N4O3. The third kappa shape index (κ3) is 3.37. The third-order valence-electron chi connectivity index (χ3n) is 3.10. The number of pyridine rings is 1. The Balaban J connectivity index is 1.93. The van der Waals surface area contributed by atoms with Gasteiger partial charge >= 0.3 is 6.09 Å². The van der Waals surface area contributed by atoms with Crippen LogP contribution in [0.25, 0.3) is 0 Å². The summed E-state index contributed by atoms with van der Waals surface area (Å²) in [5, 5.41) is 2.68. The van der Waals surface area contributed by atoms with Crippen LogP contribution in [0.1, 0.15) is 6.92 Å².